The van der Waals surface area contributed by atoms with Crippen molar-refractivity contribution in [3.05, 3.63) is 39.6 Å². The fourth-order valence-corrected chi connectivity index (χ4v) is 2.06. The van der Waals surface area contributed by atoms with E-state index in [2.05, 4.69) is 10.3 Å². The Morgan fingerprint density at radius 1 is 1.32 bits per heavy atom. The van der Waals surface area contributed by atoms with E-state index in [0.29, 0.717) is 21.4 Å². The van der Waals surface area contributed by atoms with Crippen LogP contribution in [-0.2, 0) is 0 Å². The van der Waals surface area contributed by atoms with E-state index in [-0.39, 0.29) is 11.6 Å². The average molecular weight is 300 g/mol. The monoisotopic (exact) mass is 299 g/mol. The molecule has 0 aliphatic heterocycles. The summed E-state index contributed by atoms with van der Waals surface area (Å²) in [5.41, 5.74) is 1.09. The normalized spacial score (nSPS) is 11.0. The number of benzene rings is 1. The van der Waals surface area contributed by atoms with E-state index < -0.39 is 5.97 Å². The van der Waals surface area contributed by atoms with Crippen molar-refractivity contribution >= 4 is 29.2 Å². The third kappa shape index (κ3) is 2.57. The number of aromatic nitrogens is 3. The molecule has 0 radical (unpaired) electrons. The van der Waals surface area contributed by atoms with Crippen molar-refractivity contribution in [2.75, 3.05) is 0 Å². The molecule has 1 heterocycles. The number of rotatable bonds is 3. The van der Waals surface area contributed by atoms with Crippen LogP contribution in [0.2, 0.25) is 10.0 Å². The van der Waals surface area contributed by atoms with E-state index in [1.165, 1.54) is 4.68 Å². The van der Waals surface area contributed by atoms with Crippen LogP contribution in [0.25, 0.3) is 5.69 Å². The average Bonchev–Trinajstić information content (AvgIpc) is 2.77. The third-order valence-corrected chi connectivity index (χ3v) is 3.34. The topological polar surface area (TPSA) is 68.0 Å². The number of aromatic carboxylic acids is 1. The molecular formula is C12H11Cl2N3O2. The second-order valence-corrected chi connectivity index (χ2v) is 5.11. The van der Waals surface area contributed by atoms with E-state index in [0.717, 1.165) is 0 Å². The van der Waals surface area contributed by atoms with Gasteiger partial charge in [0, 0.05) is 0 Å². The van der Waals surface area contributed by atoms with Gasteiger partial charge in [-0.3, -0.25) is 0 Å². The Kier molecular flexibility index (Phi) is 3.78. The van der Waals surface area contributed by atoms with Gasteiger partial charge in [0.2, 0.25) is 0 Å². The smallest absolute Gasteiger partial charge is 0.358 e. The molecule has 0 saturated carbocycles. The van der Waals surface area contributed by atoms with Gasteiger partial charge in [-0.1, -0.05) is 42.3 Å². The van der Waals surface area contributed by atoms with Gasteiger partial charge in [-0.15, -0.1) is 5.10 Å². The van der Waals surface area contributed by atoms with Crippen molar-refractivity contribution in [1.82, 2.24) is 15.0 Å². The van der Waals surface area contributed by atoms with Crippen LogP contribution in [0.5, 0.6) is 0 Å². The minimum absolute atomic E-state index is 0.0458. The highest BCUT2D eigenvalue weighted by Crippen LogP contribution is 2.27. The predicted molar refractivity (Wildman–Crippen MR) is 72.4 cm³/mol. The van der Waals surface area contributed by atoms with Gasteiger partial charge in [0.05, 0.1) is 21.4 Å². The minimum atomic E-state index is -1.10. The molecule has 2 aromatic rings. The maximum atomic E-state index is 11.1. The van der Waals surface area contributed by atoms with E-state index >= 15 is 0 Å². The predicted octanol–water partition coefficient (Wildman–Crippen LogP) is 3.40. The fraction of sp³-hybridized carbons (Fsp3) is 0.250. The van der Waals surface area contributed by atoms with Crippen LogP contribution >= 0.6 is 23.2 Å². The number of halogens is 2. The van der Waals surface area contributed by atoms with Gasteiger partial charge in [-0.05, 0) is 24.1 Å². The summed E-state index contributed by atoms with van der Waals surface area (Å²) in [6, 6.07) is 4.96. The summed E-state index contributed by atoms with van der Waals surface area (Å²) in [7, 11) is 0. The molecule has 0 unspecified atom stereocenters. The zero-order valence-corrected chi connectivity index (χ0v) is 11.8. The molecule has 0 aliphatic carbocycles. The molecule has 0 atom stereocenters. The van der Waals surface area contributed by atoms with Crippen LogP contribution in [0, 0.1) is 0 Å². The number of carbonyl (C=O) groups is 1. The maximum absolute atomic E-state index is 11.1. The molecule has 0 amide bonds. The zero-order valence-electron chi connectivity index (χ0n) is 10.3. The lowest BCUT2D eigenvalue weighted by Crippen LogP contribution is -2.08. The summed E-state index contributed by atoms with van der Waals surface area (Å²) < 4.78 is 1.47. The minimum Gasteiger partial charge on any atom is -0.476 e. The van der Waals surface area contributed by atoms with Crippen LogP contribution < -0.4 is 0 Å². The third-order valence-electron chi connectivity index (χ3n) is 2.60. The Bertz CT molecular complexity index is 638. The lowest BCUT2D eigenvalue weighted by atomic mass is 10.1. The van der Waals surface area contributed by atoms with Crippen LogP contribution in [0.1, 0.15) is 35.9 Å². The molecule has 0 aliphatic rings. The number of carboxylic acid groups (broad SMARTS) is 1. The number of nitrogens with zero attached hydrogens (tertiary/aromatic N) is 3. The summed E-state index contributed by atoms with van der Waals surface area (Å²) in [5.74, 6) is -1.15. The van der Waals surface area contributed by atoms with Crippen LogP contribution in [0.3, 0.4) is 0 Å². The zero-order chi connectivity index (χ0) is 14.2. The Morgan fingerprint density at radius 2 is 2.00 bits per heavy atom. The first-order chi connectivity index (χ1) is 8.91. The summed E-state index contributed by atoms with van der Waals surface area (Å²) >= 11 is 11.8. The quantitative estimate of drug-likeness (QED) is 0.943. The number of carboxylic acids is 1. The lowest BCUT2D eigenvalue weighted by molar-refractivity contribution is 0.0688. The van der Waals surface area contributed by atoms with Gasteiger partial charge in [0.15, 0.2) is 5.69 Å². The van der Waals surface area contributed by atoms with Crippen molar-refractivity contribution in [2.45, 2.75) is 19.8 Å². The first-order valence-corrected chi connectivity index (χ1v) is 6.31. The lowest BCUT2D eigenvalue weighted by Gasteiger charge is -2.10. The van der Waals surface area contributed by atoms with Crippen molar-refractivity contribution in [3.63, 3.8) is 0 Å². The standard InChI is InChI=1S/C12H11Cl2N3O2/c1-6(2)11-10(12(18)19)15-16-17(11)7-3-4-8(13)9(14)5-7/h3-6H,1-2H3,(H,18,19). The number of hydrogen-bond acceptors (Lipinski definition) is 3. The molecule has 0 saturated heterocycles. The Balaban J connectivity index is 2.62. The molecule has 2 rings (SSSR count). The highest BCUT2D eigenvalue weighted by Gasteiger charge is 2.22. The first-order valence-electron chi connectivity index (χ1n) is 5.56. The van der Waals surface area contributed by atoms with Crippen molar-refractivity contribution in [1.29, 1.82) is 0 Å². The summed E-state index contributed by atoms with van der Waals surface area (Å²) in [6.45, 7) is 3.75. The van der Waals surface area contributed by atoms with Crippen LogP contribution in [-0.4, -0.2) is 26.1 Å². The summed E-state index contributed by atoms with van der Waals surface area (Å²) in [5, 5.41) is 17.5. The Hall–Kier alpha value is -1.59. The highest BCUT2D eigenvalue weighted by atomic mass is 35.5. The van der Waals surface area contributed by atoms with Crippen molar-refractivity contribution in [2.24, 2.45) is 0 Å². The first kappa shape index (κ1) is 13.8. The second kappa shape index (κ2) is 5.19. The highest BCUT2D eigenvalue weighted by molar-refractivity contribution is 6.42. The maximum Gasteiger partial charge on any atom is 0.358 e. The van der Waals surface area contributed by atoms with E-state index in [1.807, 2.05) is 13.8 Å². The Labute approximate surface area is 119 Å². The molecule has 100 valence electrons. The molecule has 0 fully saturated rings. The van der Waals surface area contributed by atoms with Gasteiger partial charge < -0.3 is 5.11 Å². The van der Waals surface area contributed by atoms with E-state index in [1.54, 1.807) is 18.2 Å². The van der Waals surface area contributed by atoms with Crippen LogP contribution in [0.15, 0.2) is 18.2 Å². The molecule has 0 bridgehead atoms. The SMILES string of the molecule is CC(C)c1c(C(=O)O)nnn1-c1ccc(Cl)c(Cl)c1. The molecule has 1 aromatic heterocycles. The van der Waals surface area contributed by atoms with Crippen molar-refractivity contribution < 1.29 is 9.90 Å². The molecule has 5 nitrogen and oxygen atoms in total. The number of hydrogen-bond donors (Lipinski definition) is 1. The van der Waals surface area contributed by atoms with Gasteiger partial charge in [-0.25, -0.2) is 9.48 Å². The van der Waals surface area contributed by atoms with Gasteiger partial charge >= 0.3 is 5.97 Å². The molecule has 0 spiro atoms. The van der Waals surface area contributed by atoms with Crippen LogP contribution in [0.4, 0.5) is 0 Å². The molecule has 7 heteroatoms. The van der Waals surface area contributed by atoms with Gasteiger partial charge in [0.25, 0.3) is 0 Å². The molecule has 1 aromatic carbocycles. The van der Waals surface area contributed by atoms with Gasteiger partial charge in [-0.2, -0.15) is 0 Å². The van der Waals surface area contributed by atoms with E-state index in [9.17, 15) is 4.79 Å². The summed E-state index contributed by atoms with van der Waals surface area (Å²) in [4.78, 5) is 11.1. The molecular weight excluding hydrogens is 289 g/mol. The molecule has 19 heavy (non-hydrogen) atoms. The second-order valence-electron chi connectivity index (χ2n) is 4.29. The summed E-state index contributed by atoms with van der Waals surface area (Å²) in [6.07, 6.45) is 0. The largest absolute Gasteiger partial charge is 0.476 e. The molecule has 1 N–H and O–H groups in total. The van der Waals surface area contributed by atoms with Gasteiger partial charge in [0.1, 0.15) is 0 Å². The van der Waals surface area contributed by atoms with E-state index in [4.69, 9.17) is 28.3 Å². The van der Waals surface area contributed by atoms with Crippen molar-refractivity contribution in [3.8, 4) is 5.69 Å². The Morgan fingerprint density at radius 3 is 2.53 bits per heavy atom. The fourth-order valence-electron chi connectivity index (χ4n) is 1.77.